The van der Waals surface area contributed by atoms with E-state index < -0.39 is 4.92 Å². The molecule has 0 aliphatic rings. The number of nitrogens with zero attached hydrogens (tertiary/aromatic N) is 2. The topological polar surface area (TPSA) is 66.9 Å². The van der Waals surface area contributed by atoms with Gasteiger partial charge in [0.15, 0.2) is 0 Å². The maximum absolute atomic E-state index is 10.5. The largest absolute Gasteiger partial charge is 0.269 e. The summed E-state index contributed by atoms with van der Waals surface area (Å²) in [6, 6.07) is 6.42. The summed E-state index contributed by atoms with van der Waals surface area (Å²) in [5.74, 6) is 0. The van der Waals surface area contributed by atoms with Gasteiger partial charge in [0, 0.05) is 23.4 Å². The molecule has 1 aromatic rings. The lowest BCUT2D eigenvalue weighted by Crippen LogP contribution is -1.92. The Hall–Kier alpha value is -1.54. The molecule has 4 nitrogen and oxygen atoms in total. The Labute approximate surface area is 86.7 Å². The highest BCUT2D eigenvalue weighted by molar-refractivity contribution is 7.80. The fourth-order valence-electron chi connectivity index (χ4n) is 1.08. The lowest BCUT2D eigenvalue weighted by molar-refractivity contribution is -0.385. The van der Waals surface area contributed by atoms with Crippen LogP contribution in [0.1, 0.15) is 12.0 Å². The first kappa shape index (κ1) is 10.5. The lowest BCUT2D eigenvalue weighted by atomic mass is 10.1. The van der Waals surface area contributed by atoms with Crippen molar-refractivity contribution in [2.24, 2.45) is 0 Å². The molecule has 72 valence electrons. The van der Waals surface area contributed by atoms with Crippen LogP contribution in [0.5, 0.6) is 0 Å². The minimum atomic E-state index is -0.455. The molecule has 0 N–H and O–H groups in total. The van der Waals surface area contributed by atoms with Crippen LogP contribution in [0, 0.1) is 21.4 Å². The number of nitro benzene ring substituents is 1. The molecule has 0 fully saturated rings. The summed E-state index contributed by atoms with van der Waals surface area (Å²) >= 11 is 4.15. The predicted molar refractivity (Wildman–Crippen MR) is 54.3 cm³/mol. The smallest absolute Gasteiger partial charge is 0.258 e. The van der Waals surface area contributed by atoms with Crippen molar-refractivity contribution in [3.05, 3.63) is 33.9 Å². The maximum atomic E-state index is 10.5. The summed E-state index contributed by atoms with van der Waals surface area (Å²) in [7, 11) is 0. The van der Waals surface area contributed by atoms with E-state index in [0.29, 0.717) is 17.7 Å². The van der Waals surface area contributed by atoms with Crippen molar-refractivity contribution in [2.45, 2.75) is 17.7 Å². The number of thiol groups is 1. The second-order valence-corrected chi connectivity index (χ2v) is 3.21. The minimum absolute atomic E-state index is 0.0377. The third kappa shape index (κ3) is 2.47. The van der Waals surface area contributed by atoms with E-state index >= 15 is 0 Å². The maximum Gasteiger partial charge on any atom is 0.269 e. The molecule has 1 aromatic carbocycles. The molecular weight excluding hydrogens is 200 g/mol. The normalized spacial score (nSPS) is 9.43. The molecule has 5 heteroatoms. The fourth-order valence-corrected chi connectivity index (χ4v) is 1.33. The van der Waals surface area contributed by atoms with Gasteiger partial charge in [-0.3, -0.25) is 10.1 Å². The van der Waals surface area contributed by atoms with E-state index in [0.717, 1.165) is 5.56 Å². The monoisotopic (exact) mass is 208 g/mol. The van der Waals surface area contributed by atoms with Crippen LogP contribution in [0.2, 0.25) is 0 Å². The van der Waals surface area contributed by atoms with Crippen LogP contribution in [0.25, 0.3) is 0 Å². The predicted octanol–water partition coefficient (Wildman–Crippen LogP) is 2.34. The third-order valence-corrected chi connectivity index (χ3v) is 2.22. The molecule has 0 aromatic heterocycles. The van der Waals surface area contributed by atoms with Gasteiger partial charge in [0.05, 0.1) is 11.0 Å². The molecule has 0 saturated heterocycles. The number of benzene rings is 1. The highest BCUT2D eigenvalue weighted by atomic mass is 32.1. The van der Waals surface area contributed by atoms with E-state index in [4.69, 9.17) is 5.26 Å². The van der Waals surface area contributed by atoms with Crippen LogP contribution in [0.3, 0.4) is 0 Å². The van der Waals surface area contributed by atoms with Gasteiger partial charge in [-0.1, -0.05) is 0 Å². The molecule has 0 saturated carbocycles. The number of nitro groups is 1. The number of aryl methyl sites for hydroxylation is 1. The van der Waals surface area contributed by atoms with Crippen molar-refractivity contribution in [3.63, 3.8) is 0 Å². The minimum Gasteiger partial charge on any atom is -0.258 e. The molecule has 0 amide bonds. The number of hydrogen-bond donors (Lipinski definition) is 1. The van der Waals surface area contributed by atoms with E-state index in [1.165, 1.54) is 12.1 Å². The van der Waals surface area contributed by atoms with Crippen LogP contribution < -0.4 is 0 Å². The van der Waals surface area contributed by atoms with Crippen LogP contribution in [-0.4, -0.2) is 4.92 Å². The Kier molecular flexibility index (Phi) is 3.48. The van der Waals surface area contributed by atoms with Gasteiger partial charge in [-0.05, 0) is 18.1 Å². The molecule has 0 spiro atoms. The highest BCUT2D eigenvalue weighted by Crippen LogP contribution is 2.21. The van der Waals surface area contributed by atoms with Crippen molar-refractivity contribution >= 4 is 18.3 Å². The van der Waals surface area contributed by atoms with Gasteiger partial charge in [0.1, 0.15) is 0 Å². The molecule has 14 heavy (non-hydrogen) atoms. The summed E-state index contributed by atoms with van der Waals surface area (Å²) in [6.07, 6.45) is 0.839. The summed E-state index contributed by atoms with van der Waals surface area (Å²) in [6.45, 7) is 0. The second-order valence-electron chi connectivity index (χ2n) is 2.73. The zero-order chi connectivity index (χ0) is 10.6. The molecule has 0 atom stereocenters. The molecule has 1 rings (SSSR count). The molecule has 0 bridgehead atoms. The van der Waals surface area contributed by atoms with Gasteiger partial charge in [-0.2, -0.15) is 5.26 Å². The van der Waals surface area contributed by atoms with Gasteiger partial charge in [0.25, 0.3) is 5.69 Å². The van der Waals surface area contributed by atoms with Crippen LogP contribution in [-0.2, 0) is 6.42 Å². The van der Waals surface area contributed by atoms with Gasteiger partial charge >= 0.3 is 0 Å². The third-order valence-electron chi connectivity index (χ3n) is 1.78. The van der Waals surface area contributed by atoms with Crippen molar-refractivity contribution in [2.75, 3.05) is 0 Å². The fraction of sp³-hybridized carbons (Fsp3) is 0.222. The zero-order valence-electron chi connectivity index (χ0n) is 7.30. The van der Waals surface area contributed by atoms with Gasteiger partial charge in [-0.25, -0.2) is 0 Å². The van der Waals surface area contributed by atoms with Crippen molar-refractivity contribution in [1.82, 2.24) is 0 Å². The molecule has 0 radical (unpaired) electrons. The molecular formula is C9H8N2O2S. The molecule has 0 aliphatic carbocycles. The molecule has 0 aliphatic heterocycles. The highest BCUT2D eigenvalue weighted by Gasteiger charge is 2.08. The first-order valence-corrected chi connectivity index (χ1v) is 4.43. The number of hydrogen-bond acceptors (Lipinski definition) is 4. The Balaban J connectivity index is 2.97. The van der Waals surface area contributed by atoms with Gasteiger partial charge in [-0.15, -0.1) is 12.6 Å². The summed E-state index contributed by atoms with van der Waals surface area (Å²) in [4.78, 5) is 10.7. The van der Waals surface area contributed by atoms with Crippen molar-refractivity contribution in [3.8, 4) is 6.07 Å². The quantitative estimate of drug-likeness (QED) is 0.471. The Bertz CT molecular complexity index is 398. The summed E-state index contributed by atoms with van der Waals surface area (Å²) < 4.78 is 0. The summed E-state index contributed by atoms with van der Waals surface area (Å²) in [5.41, 5.74) is 0.778. The van der Waals surface area contributed by atoms with E-state index in [2.05, 4.69) is 12.6 Å². The Morgan fingerprint density at radius 1 is 1.57 bits per heavy atom. The van der Waals surface area contributed by atoms with Crippen molar-refractivity contribution < 1.29 is 4.92 Å². The van der Waals surface area contributed by atoms with Gasteiger partial charge in [0.2, 0.25) is 0 Å². The van der Waals surface area contributed by atoms with Crippen LogP contribution in [0.15, 0.2) is 23.1 Å². The van der Waals surface area contributed by atoms with Crippen LogP contribution in [0.4, 0.5) is 5.69 Å². The van der Waals surface area contributed by atoms with E-state index in [1.807, 2.05) is 6.07 Å². The standard InChI is InChI=1S/C9H8N2O2S/c10-5-1-2-7-6-8(11(12)13)3-4-9(7)14/h3-4,6,14H,1-2H2. The first-order chi connectivity index (χ1) is 6.65. The second kappa shape index (κ2) is 4.63. The van der Waals surface area contributed by atoms with Crippen molar-refractivity contribution in [1.29, 1.82) is 5.26 Å². The molecule has 0 heterocycles. The van der Waals surface area contributed by atoms with Gasteiger partial charge < -0.3 is 0 Å². The zero-order valence-corrected chi connectivity index (χ0v) is 8.20. The average molecular weight is 208 g/mol. The summed E-state index contributed by atoms with van der Waals surface area (Å²) in [5, 5.41) is 18.8. The van der Waals surface area contributed by atoms with Crippen LogP contribution >= 0.6 is 12.6 Å². The number of rotatable bonds is 3. The lowest BCUT2D eigenvalue weighted by Gasteiger charge is -2.01. The number of non-ortho nitro benzene ring substituents is 1. The molecule has 0 unspecified atom stereocenters. The van der Waals surface area contributed by atoms with E-state index in [9.17, 15) is 10.1 Å². The van der Waals surface area contributed by atoms with E-state index in [-0.39, 0.29) is 5.69 Å². The number of nitriles is 1. The average Bonchev–Trinajstić information content (AvgIpc) is 2.16. The first-order valence-electron chi connectivity index (χ1n) is 3.98. The Morgan fingerprint density at radius 2 is 2.29 bits per heavy atom. The Morgan fingerprint density at radius 3 is 2.86 bits per heavy atom. The van der Waals surface area contributed by atoms with E-state index in [1.54, 1.807) is 6.07 Å². The SMILES string of the molecule is N#CCCc1cc([N+](=O)[O-])ccc1S.